The lowest BCUT2D eigenvalue weighted by atomic mass is 9.98. The van der Waals surface area contributed by atoms with Crippen molar-refractivity contribution in [1.29, 1.82) is 0 Å². The zero-order valence-corrected chi connectivity index (χ0v) is 20.8. The van der Waals surface area contributed by atoms with E-state index in [0.29, 0.717) is 6.61 Å². The summed E-state index contributed by atoms with van der Waals surface area (Å²) >= 11 is 0. The highest BCUT2D eigenvalue weighted by Gasteiger charge is 2.16. The molecule has 0 N–H and O–H groups in total. The van der Waals surface area contributed by atoms with Crippen molar-refractivity contribution in [3.05, 3.63) is 80.5 Å². The summed E-state index contributed by atoms with van der Waals surface area (Å²) in [6.07, 6.45) is 2.58. The lowest BCUT2D eigenvalue weighted by molar-refractivity contribution is 0.336. The Morgan fingerprint density at radius 3 is 2.38 bits per heavy atom. The Bertz CT molecular complexity index is 1380. The third-order valence-corrected chi connectivity index (χ3v) is 6.45. The van der Waals surface area contributed by atoms with Crippen LogP contribution in [0.1, 0.15) is 47.0 Å². The molecule has 0 fully saturated rings. The zero-order valence-electron chi connectivity index (χ0n) is 20.8. The van der Waals surface area contributed by atoms with E-state index in [0.717, 1.165) is 47.6 Å². The molecule has 178 valence electrons. The van der Waals surface area contributed by atoms with Crippen LogP contribution >= 0.6 is 0 Å². The number of tetrazole rings is 1. The second-order valence-corrected chi connectivity index (χ2v) is 8.66. The van der Waals surface area contributed by atoms with Crippen LogP contribution in [0.2, 0.25) is 0 Å². The number of ether oxygens (including phenoxy) is 1. The molecule has 0 unspecified atom stereocenters. The summed E-state index contributed by atoms with van der Waals surface area (Å²) in [6.45, 7) is 10.9. The van der Waals surface area contributed by atoms with Crippen molar-refractivity contribution in [3.63, 3.8) is 0 Å². The Kier molecular flexibility index (Phi) is 6.68. The van der Waals surface area contributed by atoms with E-state index in [1.54, 1.807) is 7.05 Å². The Balaban J connectivity index is 1.56. The Morgan fingerprint density at radius 1 is 0.971 bits per heavy atom. The largest absolute Gasteiger partial charge is 0.494 e. The first-order valence-electron chi connectivity index (χ1n) is 11.7. The van der Waals surface area contributed by atoms with Gasteiger partial charge in [0.05, 0.1) is 23.7 Å². The smallest absolute Gasteiger partial charge is 0.368 e. The number of aryl methyl sites for hydroxylation is 4. The molecule has 0 spiro atoms. The van der Waals surface area contributed by atoms with Gasteiger partial charge in [-0.25, -0.2) is 9.48 Å². The van der Waals surface area contributed by atoms with Gasteiger partial charge >= 0.3 is 5.69 Å². The van der Waals surface area contributed by atoms with Gasteiger partial charge in [-0.15, -0.1) is 0 Å². The van der Waals surface area contributed by atoms with Crippen LogP contribution in [0.25, 0.3) is 11.4 Å². The van der Waals surface area contributed by atoms with Gasteiger partial charge in [0.2, 0.25) is 0 Å². The van der Waals surface area contributed by atoms with Crippen LogP contribution in [0.3, 0.4) is 0 Å². The van der Waals surface area contributed by atoms with Crippen LogP contribution < -0.4 is 10.4 Å². The van der Waals surface area contributed by atoms with Crippen molar-refractivity contribution in [2.45, 2.75) is 53.9 Å². The number of nitrogens with zero attached hydrogens (tertiary/aromatic N) is 6. The highest BCUT2D eigenvalue weighted by Crippen LogP contribution is 2.27. The van der Waals surface area contributed by atoms with E-state index in [-0.39, 0.29) is 5.69 Å². The van der Waals surface area contributed by atoms with Gasteiger partial charge in [0.15, 0.2) is 0 Å². The van der Waals surface area contributed by atoms with Crippen LogP contribution in [0.15, 0.2) is 41.2 Å². The molecule has 2 aromatic heterocycles. The SMILES string of the molecule is CCOc1cccc(-n2nnn(C)c2=O)c1CCCc1ccc(-n2nc(C)c(C)c2C)cc1C. The fraction of sp³-hybridized carbons (Fsp3) is 0.385. The average molecular weight is 461 g/mol. The monoisotopic (exact) mass is 460 g/mol. The van der Waals surface area contributed by atoms with Gasteiger partial charge in [-0.2, -0.15) is 14.5 Å². The Hall–Kier alpha value is -3.68. The minimum absolute atomic E-state index is 0.277. The van der Waals surface area contributed by atoms with Gasteiger partial charge in [0.25, 0.3) is 0 Å². The molecule has 4 rings (SSSR count). The Labute approximate surface area is 199 Å². The molecule has 0 saturated carbocycles. The van der Waals surface area contributed by atoms with E-state index in [9.17, 15) is 4.79 Å². The molecule has 0 saturated heterocycles. The summed E-state index contributed by atoms with van der Waals surface area (Å²) in [7, 11) is 1.59. The molecule has 2 heterocycles. The molecule has 0 aliphatic carbocycles. The standard InChI is InChI=1S/C26H32N6O2/c1-7-34-25-13-9-12-24(32-26(33)30(6)28-29-32)23(25)11-8-10-21-14-15-22(16-17(21)2)31-20(5)18(3)19(4)27-31/h9,12-16H,7-8,10-11H2,1-6H3. The minimum Gasteiger partial charge on any atom is -0.494 e. The van der Waals surface area contributed by atoms with Gasteiger partial charge in [-0.1, -0.05) is 12.1 Å². The first-order valence-corrected chi connectivity index (χ1v) is 11.7. The molecular formula is C26H32N6O2. The van der Waals surface area contributed by atoms with Crippen LogP contribution in [-0.4, -0.2) is 36.2 Å². The molecule has 8 nitrogen and oxygen atoms in total. The van der Waals surface area contributed by atoms with E-state index < -0.39 is 0 Å². The quantitative estimate of drug-likeness (QED) is 0.398. The van der Waals surface area contributed by atoms with Crippen LogP contribution in [-0.2, 0) is 19.9 Å². The number of benzene rings is 2. The van der Waals surface area contributed by atoms with Crippen molar-refractivity contribution in [3.8, 4) is 17.1 Å². The fourth-order valence-electron chi connectivity index (χ4n) is 4.28. The van der Waals surface area contributed by atoms with E-state index in [1.165, 1.54) is 31.7 Å². The predicted molar refractivity (Wildman–Crippen MR) is 132 cm³/mol. The van der Waals surface area contributed by atoms with Gasteiger partial charge < -0.3 is 4.74 Å². The molecular weight excluding hydrogens is 428 g/mol. The topological polar surface area (TPSA) is 79.8 Å². The third kappa shape index (κ3) is 4.40. The van der Waals surface area contributed by atoms with Gasteiger partial charge in [-0.05, 0) is 105 Å². The van der Waals surface area contributed by atoms with Crippen molar-refractivity contribution < 1.29 is 4.74 Å². The summed E-state index contributed by atoms with van der Waals surface area (Å²) in [6, 6.07) is 12.3. The van der Waals surface area contributed by atoms with E-state index in [1.807, 2.05) is 36.7 Å². The third-order valence-electron chi connectivity index (χ3n) is 6.45. The lowest BCUT2D eigenvalue weighted by Gasteiger charge is -2.15. The molecule has 2 aromatic carbocycles. The summed E-state index contributed by atoms with van der Waals surface area (Å²) in [5, 5.41) is 12.6. The van der Waals surface area contributed by atoms with Gasteiger partial charge in [0.1, 0.15) is 5.75 Å². The van der Waals surface area contributed by atoms with E-state index >= 15 is 0 Å². The normalized spacial score (nSPS) is 11.2. The fourth-order valence-corrected chi connectivity index (χ4v) is 4.28. The maximum absolute atomic E-state index is 12.5. The second-order valence-electron chi connectivity index (χ2n) is 8.66. The van der Waals surface area contributed by atoms with Crippen LogP contribution in [0.5, 0.6) is 5.75 Å². The summed E-state index contributed by atoms with van der Waals surface area (Å²) < 4.78 is 10.5. The number of hydrogen-bond donors (Lipinski definition) is 0. The molecule has 34 heavy (non-hydrogen) atoms. The molecule has 0 bridgehead atoms. The lowest BCUT2D eigenvalue weighted by Crippen LogP contribution is -2.23. The van der Waals surface area contributed by atoms with Crippen molar-refractivity contribution in [2.75, 3.05) is 6.61 Å². The molecule has 0 aliphatic heterocycles. The number of rotatable bonds is 8. The number of hydrogen-bond acceptors (Lipinski definition) is 5. The van der Waals surface area contributed by atoms with Crippen LogP contribution in [0, 0.1) is 27.7 Å². The number of aromatic nitrogens is 6. The summed E-state index contributed by atoms with van der Waals surface area (Å²) in [4.78, 5) is 12.5. The van der Waals surface area contributed by atoms with Crippen molar-refractivity contribution >= 4 is 0 Å². The molecule has 0 atom stereocenters. The maximum atomic E-state index is 12.5. The molecule has 0 radical (unpaired) electrons. The average Bonchev–Trinajstić information content (AvgIpc) is 3.28. The maximum Gasteiger partial charge on any atom is 0.368 e. The van der Waals surface area contributed by atoms with Crippen molar-refractivity contribution in [1.82, 2.24) is 29.6 Å². The first-order chi connectivity index (χ1) is 16.3. The summed E-state index contributed by atoms with van der Waals surface area (Å²) in [5.41, 5.74) is 8.50. The summed E-state index contributed by atoms with van der Waals surface area (Å²) in [5.74, 6) is 0.782. The van der Waals surface area contributed by atoms with Crippen molar-refractivity contribution in [2.24, 2.45) is 7.05 Å². The highest BCUT2D eigenvalue weighted by atomic mass is 16.5. The van der Waals surface area contributed by atoms with E-state index in [4.69, 9.17) is 4.74 Å². The van der Waals surface area contributed by atoms with Gasteiger partial charge in [-0.3, -0.25) is 0 Å². The molecule has 4 aromatic rings. The predicted octanol–water partition coefficient (Wildman–Crippen LogP) is 3.96. The minimum atomic E-state index is -0.277. The Morgan fingerprint density at radius 2 is 1.76 bits per heavy atom. The zero-order chi connectivity index (χ0) is 24.4. The van der Waals surface area contributed by atoms with E-state index in [2.05, 4.69) is 54.5 Å². The molecule has 0 aliphatic rings. The van der Waals surface area contributed by atoms with Gasteiger partial charge in [0, 0.05) is 18.3 Å². The molecule has 8 heteroatoms. The first kappa shape index (κ1) is 23.5. The second kappa shape index (κ2) is 9.67. The van der Waals surface area contributed by atoms with Crippen LogP contribution in [0.4, 0.5) is 0 Å². The highest BCUT2D eigenvalue weighted by molar-refractivity contribution is 5.49. The molecule has 0 amide bonds.